The van der Waals surface area contributed by atoms with Crippen LogP contribution in [-0.4, -0.2) is 16.6 Å². The molecule has 0 atom stereocenters. The molecule has 1 aromatic carbocycles. The van der Waals surface area contributed by atoms with Gasteiger partial charge >= 0.3 is 0 Å². The van der Waals surface area contributed by atoms with E-state index in [0.29, 0.717) is 10.6 Å². The maximum atomic E-state index is 12.2. The van der Waals surface area contributed by atoms with Crippen molar-refractivity contribution in [1.29, 1.82) is 5.26 Å². The monoisotopic (exact) mass is 477 g/mol. The van der Waals surface area contributed by atoms with Crippen molar-refractivity contribution >= 4 is 57.3 Å². The second kappa shape index (κ2) is 8.47. The molecule has 4 nitrogen and oxygen atoms in total. The van der Waals surface area contributed by atoms with Gasteiger partial charge in [-0.1, -0.05) is 30.0 Å². The van der Waals surface area contributed by atoms with E-state index in [9.17, 15) is 10.1 Å². The fourth-order valence-electron chi connectivity index (χ4n) is 2.08. The molecule has 0 aliphatic rings. The zero-order chi connectivity index (χ0) is 17.6. The van der Waals surface area contributed by atoms with Crippen LogP contribution in [0.4, 0.5) is 5.69 Å². The third-order valence-electron chi connectivity index (χ3n) is 3.24. The first kappa shape index (κ1) is 17.9. The lowest BCUT2D eigenvalue weighted by Crippen LogP contribution is -2.15. The van der Waals surface area contributed by atoms with Crippen LogP contribution in [0.5, 0.6) is 0 Å². The van der Waals surface area contributed by atoms with Gasteiger partial charge in [0.25, 0.3) is 0 Å². The van der Waals surface area contributed by atoms with Gasteiger partial charge in [-0.2, -0.15) is 5.26 Å². The van der Waals surface area contributed by atoms with Crippen molar-refractivity contribution in [3.05, 3.63) is 63.0 Å². The number of carbonyl (C=O) groups excluding carboxylic acids is 1. The van der Waals surface area contributed by atoms with Gasteiger partial charge in [-0.15, -0.1) is 11.3 Å². The molecule has 124 valence electrons. The molecule has 0 aliphatic heterocycles. The molecule has 2 aromatic heterocycles. The maximum absolute atomic E-state index is 12.2. The third kappa shape index (κ3) is 4.60. The Balaban J connectivity index is 1.72. The summed E-state index contributed by atoms with van der Waals surface area (Å²) in [5.74, 6) is 0.0712. The number of nitriles is 1. The molecule has 3 aromatic rings. The minimum Gasteiger partial charge on any atom is -0.324 e. The highest BCUT2D eigenvalue weighted by molar-refractivity contribution is 14.1. The molecule has 0 spiro atoms. The molecular weight excluding hydrogens is 465 g/mol. The van der Waals surface area contributed by atoms with Crippen LogP contribution in [0.2, 0.25) is 0 Å². The van der Waals surface area contributed by atoms with Gasteiger partial charge in [-0.25, -0.2) is 4.98 Å². The van der Waals surface area contributed by atoms with Crippen LogP contribution in [0.1, 0.15) is 5.56 Å². The molecule has 0 saturated carbocycles. The number of rotatable bonds is 5. The summed E-state index contributed by atoms with van der Waals surface area (Å²) in [4.78, 5) is 17.8. The number of thioether (sulfide) groups is 1. The van der Waals surface area contributed by atoms with Gasteiger partial charge in [-0.3, -0.25) is 4.79 Å². The molecule has 0 unspecified atom stereocenters. The van der Waals surface area contributed by atoms with Gasteiger partial charge in [0.05, 0.1) is 27.6 Å². The van der Waals surface area contributed by atoms with E-state index in [4.69, 9.17) is 0 Å². The average Bonchev–Trinajstić information content (AvgIpc) is 3.16. The second-order valence-electron chi connectivity index (χ2n) is 4.96. The van der Waals surface area contributed by atoms with Crippen molar-refractivity contribution in [2.75, 3.05) is 11.1 Å². The fourth-order valence-corrected chi connectivity index (χ4v) is 4.07. The number of hydrogen-bond donors (Lipinski definition) is 1. The summed E-state index contributed by atoms with van der Waals surface area (Å²) in [5.41, 5.74) is 2.08. The lowest BCUT2D eigenvalue weighted by molar-refractivity contribution is -0.113. The maximum Gasteiger partial charge on any atom is 0.234 e. The minimum absolute atomic E-state index is 0.124. The first-order valence-electron chi connectivity index (χ1n) is 7.29. The van der Waals surface area contributed by atoms with Crippen molar-refractivity contribution in [3.8, 4) is 16.6 Å². The van der Waals surface area contributed by atoms with E-state index in [2.05, 4.69) is 39.0 Å². The molecule has 25 heavy (non-hydrogen) atoms. The molecular formula is C18H12IN3OS2. The first-order chi connectivity index (χ1) is 12.2. The highest BCUT2D eigenvalue weighted by Crippen LogP contribution is 2.28. The zero-order valence-corrected chi connectivity index (χ0v) is 16.7. The van der Waals surface area contributed by atoms with Crippen LogP contribution in [0, 0.1) is 14.9 Å². The van der Waals surface area contributed by atoms with E-state index >= 15 is 0 Å². The lowest BCUT2D eigenvalue weighted by atomic mass is 10.2. The van der Waals surface area contributed by atoms with Crippen LogP contribution < -0.4 is 5.32 Å². The Hall–Kier alpha value is -1.89. The quantitative estimate of drug-likeness (QED) is 0.414. The van der Waals surface area contributed by atoms with E-state index in [-0.39, 0.29) is 11.7 Å². The molecule has 1 amide bonds. The Morgan fingerprint density at radius 3 is 2.80 bits per heavy atom. The Morgan fingerprint density at radius 2 is 2.08 bits per heavy atom. The number of halogens is 1. The summed E-state index contributed by atoms with van der Waals surface area (Å²) in [6.45, 7) is 0. The van der Waals surface area contributed by atoms with Gasteiger partial charge < -0.3 is 5.32 Å². The van der Waals surface area contributed by atoms with E-state index in [1.165, 1.54) is 11.8 Å². The summed E-state index contributed by atoms with van der Waals surface area (Å²) < 4.78 is 0.981. The normalized spacial score (nSPS) is 10.2. The third-order valence-corrected chi connectivity index (χ3v) is 6.07. The molecule has 7 heteroatoms. The summed E-state index contributed by atoms with van der Waals surface area (Å²) in [5, 5.41) is 14.7. The largest absolute Gasteiger partial charge is 0.324 e. The Kier molecular flexibility index (Phi) is 6.07. The van der Waals surface area contributed by atoms with Crippen molar-refractivity contribution in [3.63, 3.8) is 0 Å². The Morgan fingerprint density at radius 1 is 1.24 bits per heavy atom. The predicted octanol–water partition coefficient (Wildman–Crippen LogP) is 5.02. The van der Waals surface area contributed by atoms with Crippen molar-refractivity contribution in [2.45, 2.75) is 5.03 Å². The highest BCUT2D eigenvalue weighted by Gasteiger charge is 2.12. The number of nitrogens with one attached hydrogen (secondary N) is 1. The van der Waals surface area contributed by atoms with Crippen LogP contribution in [0.25, 0.3) is 10.6 Å². The molecule has 0 aliphatic carbocycles. The number of pyridine rings is 1. The SMILES string of the molecule is N#Cc1ccc(-c2cccs2)nc1SCC(=O)Nc1ccccc1I. The minimum atomic E-state index is -0.124. The average molecular weight is 477 g/mol. The molecule has 2 heterocycles. The first-order valence-corrected chi connectivity index (χ1v) is 10.2. The van der Waals surface area contributed by atoms with Gasteiger partial charge in [0.15, 0.2) is 0 Å². The lowest BCUT2D eigenvalue weighted by Gasteiger charge is -2.08. The molecule has 0 radical (unpaired) electrons. The van der Waals surface area contributed by atoms with Gasteiger partial charge in [0.1, 0.15) is 11.1 Å². The number of anilines is 1. The summed E-state index contributed by atoms with van der Waals surface area (Å²) >= 11 is 5.04. The van der Waals surface area contributed by atoms with Crippen molar-refractivity contribution in [1.82, 2.24) is 4.98 Å². The number of aromatic nitrogens is 1. The number of para-hydroxylation sites is 1. The van der Waals surface area contributed by atoms with E-state index in [1.54, 1.807) is 17.4 Å². The highest BCUT2D eigenvalue weighted by atomic mass is 127. The van der Waals surface area contributed by atoms with Crippen LogP contribution >= 0.6 is 45.7 Å². The summed E-state index contributed by atoms with van der Waals surface area (Å²) in [7, 11) is 0. The van der Waals surface area contributed by atoms with Crippen molar-refractivity contribution < 1.29 is 4.79 Å². The van der Waals surface area contributed by atoms with Gasteiger partial charge in [-0.05, 0) is 58.3 Å². The fraction of sp³-hybridized carbons (Fsp3) is 0.0556. The number of hydrogen-bond acceptors (Lipinski definition) is 5. The Bertz CT molecular complexity index is 936. The molecule has 0 fully saturated rings. The number of carbonyl (C=O) groups is 1. The standard InChI is InChI=1S/C18H12IN3OS2/c19-13-4-1-2-5-14(13)21-17(23)11-25-18-12(10-20)7-8-15(22-18)16-6-3-9-24-16/h1-9H,11H2,(H,21,23). The van der Waals surface area contributed by atoms with Crippen molar-refractivity contribution in [2.24, 2.45) is 0 Å². The van der Waals surface area contributed by atoms with E-state index < -0.39 is 0 Å². The summed E-state index contributed by atoms with van der Waals surface area (Å²) in [6, 6.07) is 17.3. The molecule has 0 saturated heterocycles. The number of benzene rings is 1. The number of thiophene rings is 1. The Labute approximate surface area is 167 Å². The van der Waals surface area contributed by atoms with Crippen LogP contribution in [-0.2, 0) is 4.79 Å². The van der Waals surface area contributed by atoms with Gasteiger partial charge in [0.2, 0.25) is 5.91 Å². The van der Waals surface area contributed by atoms with E-state index in [0.717, 1.165) is 19.8 Å². The molecule has 1 N–H and O–H groups in total. The predicted molar refractivity (Wildman–Crippen MR) is 111 cm³/mol. The smallest absolute Gasteiger partial charge is 0.234 e. The number of nitrogens with zero attached hydrogens (tertiary/aromatic N) is 2. The molecule has 0 bridgehead atoms. The van der Waals surface area contributed by atoms with Crippen LogP contribution in [0.15, 0.2) is 58.9 Å². The zero-order valence-electron chi connectivity index (χ0n) is 12.9. The summed E-state index contributed by atoms with van der Waals surface area (Å²) in [6.07, 6.45) is 0. The molecule has 3 rings (SSSR count). The topological polar surface area (TPSA) is 65.8 Å². The van der Waals surface area contributed by atoms with Gasteiger partial charge in [0, 0.05) is 3.57 Å². The van der Waals surface area contributed by atoms with Crippen LogP contribution in [0.3, 0.4) is 0 Å². The number of amides is 1. The van der Waals surface area contributed by atoms with E-state index in [1.807, 2.05) is 47.8 Å². The second-order valence-corrected chi connectivity index (χ2v) is 8.03.